The Bertz CT molecular complexity index is 394. The van der Waals surface area contributed by atoms with Crippen LogP contribution in [0.25, 0.3) is 0 Å². The Balaban J connectivity index is 1.89. The molecule has 1 aromatic rings. The zero-order valence-electron chi connectivity index (χ0n) is 13.4. The predicted molar refractivity (Wildman–Crippen MR) is 83.3 cm³/mol. The van der Waals surface area contributed by atoms with Crippen LogP contribution >= 0.6 is 0 Å². The Morgan fingerprint density at radius 1 is 1.35 bits per heavy atom. The smallest absolute Gasteiger partial charge is 0.117 e. The first-order chi connectivity index (χ1) is 9.36. The summed E-state index contributed by atoms with van der Waals surface area (Å²) in [6, 6.07) is 4.34. The van der Waals surface area contributed by atoms with Crippen molar-refractivity contribution in [2.45, 2.75) is 52.6 Å². The van der Waals surface area contributed by atoms with Crippen LogP contribution in [-0.4, -0.2) is 24.5 Å². The summed E-state index contributed by atoms with van der Waals surface area (Å²) >= 11 is 0. The van der Waals surface area contributed by atoms with Crippen LogP contribution in [0.3, 0.4) is 0 Å². The van der Waals surface area contributed by atoms with Crippen molar-refractivity contribution >= 4 is 0 Å². The van der Waals surface area contributed by atoms with Gasteiger partial charge in [-0.3, -0.25) is 4.90 Å². The van der Waals surface area contributed by atoms with Gasteiger partial charge in [-0.25, -0.2) is 0 Å². The topological polar surface area (TPSA) is 42.4 Å². The molecule has 3 heteroatoms. The molecule has 3 atom stereocenters. The number of nitrogens with zero attached hydrogens (tertiary/aromatic N) is 1. The van der Waals surface area contributed by atoms with Crippen LogP contribution in [0.1, 0.15) is 45.8 Å². The minimum atomic E-state index is 0.354. The third-order valence-electron chi connectivity index (χ3n) is 4.82. The van der Waals surface area contributed by atoms with Crippen LogP contribution in [0.4, 0.5) is 0 Å². The molecular formula is C17H30N2O. The second kappa shape index (κ2) is 6.31. The lowest BCUT2D eigenvalue weighted by Gasteiger charge is -2.41. The van der Waals surface area contributed by atoms with E-state index in [2.05, 4.69) is 32.7 Å². The fourth-order valence-corrected chi connectivity index (χ4v) is 3.42. The maximum Gasteiger partial charge on any atom is 0.117 e. The normalized spacial score (nSPS) is 28.0. The average Bonchev–Trinajstić information content (AvgIpc) is 2.83. The van der Waals surface area contributed by atoms with E-state index in [1.54, 1.807) is 6.26 Å². The highest BCUT2D eigenvalue weighted by atomic mass is 16.3. The molecule has 3 nitrogen and oxygen atoms in total. The zero-order valence-corrected chi connectivity index (χ0v) is 13.4. The fourth-order valence-electron chi connectivity index (χ4n) is 3.42. The van der Waals surface area contributed by atoms with Gasteiger partial charge in [-0.05, 0) is 55.7 Å². The molecular weight excluding hydrogens is 248 g/mol. The first-order valence-corrected chi connectivity index (χ1v) is 7.82. The largest absolute Gasteiger partial charge is 0.468 e. The van der Waals surface area contributed by atoms with Gasteiger partial charge < -0.3 is 10.2 Å². The summed E-state index contributed by atoms with van der Waals surface area (Å²) < 4.78 is 5.42. The average molecular weight is 278 g/mol. The van der Waals surface area contributed by atoms with Gasteiger partial charge in [0.2, 0.25) is 0 Å². The van der Waals surface area contributed by atoms with E-state index in [4.69, 9.17) is 10.2 Å². The van der Waals surface area contributed by atoms with Crippen molar-refractivity contribution in [3.05, 3.63) is 24.2 Å². The summed E-state index contributed by atoms with van der Waals surface area (Å²) in [6.07, 6.45) is 5.45. The molecule has 1 aliphatic rings. The molecule has 1 heterocycles. The SMILES string of the molecule is CN(Cc1ccco1)CC1CC(C(C)(C)C)CCC1N. The lowest BCUT2D eigenvalue weighted by molar-refractivity contribution is 0.103. The molecule has 3 unspecified atom stereocenters. The maximum atomic E-state index is 6.36. The van der Waals surface area contributed by atoms with Gasteiger partial charge in [0.15, 0.2) is 0 Å². The second-order valence-electron chi connectivity index (χ2n) is 7.58. The molecule has 0 aromatic carbocycles. The minimum absolute atomic E-state index is 0.354. The van der Waals surface area contributed by atoms with Crippen molar-refractivity contribution in [2.75, 3.05) is 13.6 Å². The van der Waals surface area contributed by atoms with E-state index in [1.807, 2.05) is 12.1 Å². The number of rotatable bonds is 4. The van der Waals surface area contributed by atoms with Crippen molar-refractivity contribution in [3.63, 3.8) is 0 Å². The van der Waals surface area contributed by atoms with E-state index in [1.165, 1.54) is 19.3 Å². The van der Waals surface area contributed by atoms with Gasteiger partial charge in [-0.1, -0.05) is 20.8 Å². The fraction of sp³-hybridized carbons (Fsp3) is 0.765. The Labute approximate surface area is 123 Å². The third-order valence-corrected chi connectivity index (χ3v) is 4.82. The van der Waals surface area contributed by atoms with Crippen LogP contribution in [0.2, 0.25) is 0 Å². The highest BCUT2D eigenvalue weighted by Gasteiger charge is 2.34. The third kappa shape index (κ3) is 4.10. The van der Waals surface area contributed by atoms with E-state index in [-0.39, 0.29) is 0 Å². The first kappa shape index (κ1) is 15.6. The number of nitrogens with two attached hydrogens (primary N) is 1. The molecule has 0 saturated heterocycles. The summed E-state index contributed by atoms with van der Waals surface area (Å²) in [7, 11) is 2.16. The lowest BCUT2D eigenvalue weighted by Crippen LogP contribution is -2.44. The predicted octanol–water partition coefficient (Wildman–Crippen LogP) is 3.50. The number of hydrogen-bond acceptors (Lipinski definition) is 3. The quantitative estimate of drug-likeness (QED) is 0.916. The molecule has 1 aromatic heterocycles. The van der Waals surface area contributed by atoms with Crippen LogP contribution in [-0.2, 0) is 6.54 Å². The molecule has 1 fully saturated rings. The Kier molecular flexibility index (Phi) is 4.92. The Hall–Kier alpha value is -0.800. The Morgan fingerprint density at radius 2 is 2.10 bits per heavy atom. The van der Waals surface area contributed by atoms with Gasteiger partial charge in [-0.15, -0.1) is 0 Å². The van der Waals surface area contributed by atoms with E-state index >= 15 is 0 Å². The van der Waals surface area contributed by atoms with E-state index < -0.39 is 0 Å². The molecule has 0 spiro atoms. The van der Waals surface area contributed by atoms with Gasteiger partial charge in [0.25, 0.3) is 0 Å². The van der Waals surface area contributed by atoms with Crippen molar-refractivity contribution in [2.24, 2.45) is 23.0 Å². The van der Waals surface area contributed by atoms with Crippen LogP contribution in [0.5, 0.6) is 0 Å². The molecule has 2 rings (SSSR count). The van der Waals surface area contributed by atoms with Crippen molar-refractivity contribution in [1.29, 1.82) is 0 Å². The highest BCUT2D eigenvalue weighted by Crippen LogP contribution is 2.40. The number of hydrogen-bond donors (Lipinski definition) is 1. The standard InChI is InChI=1S/C17H30N2O/c1-17(2,3)14-7-8-16(18)13(10-14)11-19(4)12-15-6-5-9-20-15/h5-6,9,13-14,16H,7-8,10-12,18H2,1-4H3. The minimum Gasteiger partial charge on any atom is -0.468 e. The molecule has 0 radical (unpaired) electrons. The van der Waals surface area contributed by atoms with Gasteiger partial charge >= 0.3 is 0 Å². The molecule has 1 aliphatic carbocycles. The first-order valence-electron chi connectivity index (χ1n) is 7.82. The Morgan fingerprint density at radius 3 is 2.70 bits per heavy atom. The van der Waals surface area contributed by atoms with Gasteiger partial charge in [0.05, 0.1) is 12.8 Å². The lowest BCUT2D eigenvalue weighted by atomic mass is 9.67. The van der Waals surface area contributed by atoms with Crippen molar-refractivity contribution in [1.82, 2.24) is 4.90 Å². The zero-order chi connectivity index (χ0) is 14.8. The van der Waals surface area contributed by atoms with Crippen molar-refractivity contribution < 1.29 is 4.42 Å². The van der Waals surface area contributed by atoms with Gasteiger partial charge in [-0.2, -0.15) is 0 Å². The number of furan rings is 1. The maximum absolute atomic E-state index is 6.36. The van der Waals surface area contributed by atoms with Gasteiger partial charge in [0, 0.05) is 12.6 Å². The van der Waals surface area contributed by atoms with Gasteiger partial charge in [0.1, 0.15) is 5.76 Å². The summed E-state index contributed by atoms with van der Waals surface area (Å²) in [5.41, 5.74) is 6.76. The van der Waals surface area contributed by atoms with Crippen LogP contribution in [0.15, 0.2) is 22.8 Å². The second-order valence-corrected chi connectivity index (χ2v) is 7.58. The summed E-state index contributed by atoms with van der Waals surface area (Å²) in [4.78, 5) is 2.34. The monoisotopic (exact) mass is 278 g/mol. The summed E-state index contributed by atoms with van der Waals surface area (Å²) in [6.45, 7) is 9.01. The molecule has 0 aliphatic heterocycles. The summed E-state index contributed by atoms with van der Waals surface area (Å²) in [5, 5.41) is 0. The van der Waals surface area contributed by atoms with E-state index in [0.29, 0.717) is 17.4 Å². The molecule has 114 valence electrons. The molecule has 1 saturated carbocycles. The summed E-state index contributed by atoms with van der Waals surface area (Å²) in [5.74, 6) is 2.43. The molecule has 20 heavy (non-hydrogen) atoms. The van der Waals surface area contributed by atoms with Crippen LogP contribution in [0, 0.1) is 17.3 Å². The van der Waals surface area contributed by atoms with E-state index in [0.717, 1.165) is 24.8 Å². The molecule has 0 bridgehead atoms. The van der Waals surface area contributed by atoms with E-state index in [9.17, 15) is 0 Å². The van der Waals surface area contributed by atoms with Crippen molar-refractivity contribution in [3.8, 4) is 0 Å². The van der Waals surface area contributed by atoms with Crippen LogP contribution < -0.4 is 5.73 Å². The molecule has 2 N–H and O–H groups in total. The molecule has 0 amide bonds. The highest BCUT2D eigenvalue weighted by molar-refractivity contribution is 4.98.